The van der Waals surface area contributed by atoms with Crippen molar-refractivity contribution >= 4 is 0 Å². The van der Waals surface area contributed by atoms with Crippen LogP contribution in [0.4, 0.5) is 0 Å². The highest BCUT2D eigenvalue weighted by molar-refractivity contribution is 5.44. The fraction of sp³-hybridized carbons (Fsp3) is 0.538. The molecule has 0 spiro atoms. The summed E-state index contributed by atoms with van der Waals surface area (Å²) < 4.78 is 0. The average molecular weight is 208 g/mol. The third-order valence-corrected chi connectivity index (χ3v) is 2.81. The second-order valence-electron chi connectivity index (χ2n) is 4.63. The van der Waals surface area contributed by atoms with Crippen LogP contribution in [0.5, 0.6) is 5.75 Å². The van der Waals surface area contributed by atoms with Crippen LogP contribution in [0.25, 0.3) is 0 Å². The molecule has 0 unspecified atom stereocenters. The molecule has 2 heteroatoms. The standard InChI is InChI=1S/C13H20O2/c1-8(2)12-6-11(15-14)7-13(9(3)4)10(12)5/h6-9,14H,1-5H3. The molecule has 1 aromatic rings. The molecule has 0 aliphatic rings. The van der Waals surface area contributed by atoms with Crippen molar-refractivity contribution < 1.29 is 10.1 Å². The Morgan fingerprint density at radius 2 is 1.40 bits per heavy atom. The first-order chi connectivity index (χ1) is 6.97. The maximum atomic E-state index is 8.74. The van der Waals surface area contributed by atoms with Gasteiger partial charge < -0.3 is 4.89 Å². The van der Waals surface area contributed by atoms with E-state index in [4.69, 9.17) is 5.26 Å². The summed E-state index contributed by atoms with van der Waals surface area (Å²) in [4.78, 5) is 4.35. The van der Waals surface area contributed by atoms with Gasteiger partial charge in [-0.25, -0.2) is 5.26 Å². The molecule has 0 saturated heterocycles. The first kappa shape index (κ1) is 12.1. The zero-order chi connectivity index (χ0) is 11.6. The van der Waals surface area contributed by atoms with E-state index in [0.717, 1.165) is 0 Å². The van der Waals surface area contributed by atoms with Crippen molar-refractivity contribution in [2.75, 3.05) is 0 Å². The van der Waals surface area contributed by atoms with Crippen molar-refractivity contribution in [3.63, 3.8) is 0 Å². The van der Waals surface area contributed by atoms with Crippen LogP contribution in [0, 0.1) is 6.92 Å². The van der Waals surface area contributed by atoms with Crippen LogP contribution in [-0.4, -0.2) is 5.26 Å². The molecule has 0 fully saturated rings. The monoisotopic (exact) mass is 208 g/mol. The van der Waals surface area contributed by atoms with Gasteiger partial charge in [-0.05, 0) is 47.6 Å². The highest BCUT2D eigenvalue weighted by Gasteiger charge is 2.13. The molecule has 0 bridgehead atoms. The third-order valence-electron chi connectivity index (χ3n) is 2.81. The Hall–Kier alpha value is -1.02. The zero-order valence-electron chi connectivity index (χ0n) is 10.2. The summed E-state index contributed by atoms with van der Waals surface area (Å²) in [5.74, 6) is 1.42. The van der Waals surface area contributed by atoms with E-state index in [1.54, 1.807) is 0 Å². The van der Waals surface area contributed by atoms with E-state index in [-0.39, 0.29) is 0 Å². The van der Waals surface area contributed by atoms with Crippen molar-refractivity contribution in [2.24, 2.45) is 0 Å². The van der Waals surface area contributed by atoms with E-state index >= 15 is 0 Å². The summed E-state index contributed by atoms with van der Waals surface area (Å²) in [6.07, 6.45) is 0. The summed E-state index contributed by atoms with van der Waals surface area (Å²) in [6.45, 7) is 10.7. The lowest BCUT2D eigenvalue weighted by Crippen LogP contribution is -2.01. The number of benzene rings is 1. The number of hydrogen-bond donors (Lipinski definition) is 1. The van der Waals surface area contributed by atoms with Gasteiger partial charge in [0.25, 0.3) is 0 Å². The fourth-order valence-electron chi connectivity index (χ4n) is 1.98. The van der Waals surface area contributed by atoms with Gasteiger partial charge in [0.05, 0.1) is 0 Å². The first-order valence-electron chi connectivity index (χ1n) is 5.43. The summed E-state index contributed by atoms with van der Waals surface area (Å²) in [5, 5.41) is 8.74. The molecular weight excluding hydrogens is 188 g/mol. The normalized spacial score (nSPS) is 11.2. The van der Waals surface area contributed by atoms with Crippen LogP contribution in [0.15, 0.2) is 12.1 Å². The lowest BCUT2D eigenvalue weighted by Gasteiger charge is -2.17. The van der Waals surface area contributed by atoms with E-state index in [0.29, 0.717) is 17.6 Å². The molecule has 0 atom stereocenters. The van der Waals surface area contributed by atoms with Crippen LogP contribution in [0.1, 0.15) is 56.2 Å². The molecule has 0 aromatic heterocycles. The van der Waals surface area contributed by atoms with Gasteiger partial charge in [-0.3, -0.25) is 0 Å². The van der Waals surface area contributed by atoms with Crippen LogP contribution < -0.4 is 4.89 Å². The van der Waals surface area contributed by atoms with Crippen LogP contribution in [0.3, 0.4) is 0 Å². The number of rotatable bonds is 3. The topological polar surface area (TPSA) is 29.5 Å². The summed E-state index contributed by atoms with van der Waals surface area (Å²) >= 11 is 0. The fourth-order valence-corrected chi connectivity index (χ4v) is 1.98. The Balaban J connectivity index is 3.33. The Kier molecular flexibility index (Phi) is 3.75. The lowest BCUT2D eigenvalue weighted by atomic mass is 9.89. The minimum Gasteiger partial charge on any atom is -0.340 e. The van der Waals surface area contributed by atoms with Crippen molar-refractivity contribution in [2.45, 2.75) is 46.5 Å². The highest BCUT2D eigenvalue weighted by Crippen LogP contribution is 2.31. The Morgan fingerprint density at radius 1 is 1.00 bits per heavy atom. The van der Waals surface area contributed by atoms with Gasteiger partial charge in [-0.15, -0.1) is 0 Å². The summed E-state index contributed by atoms with van der Waals surface area (Å²) in [7, 11) is 0. The summed E-state index contributed by atoms with van der Waals surface area (Å²) in [5.41, 5.74) is 3.79. The van der Waals surface area contributed by atoms with Crippen LogP contribution >= 0.6 is 0 Å². The van der Waals surface area contributed by atoms with Gasteiger partial charge in [-0.1, -0.05) is 27.7 Å². The van der Waals surface area contributed by atoms with Gasteiger partial charge in [0, 0.05) is 0 Å². The predicted octanol–water partition coefficient (Wildman–Crippen LogP) is 4.09. The SMILES string of the molecule is Cc1c(C(C)C)cc(OO)cc1C(C)C. The predicted molar refractivity (Wildman–Crippen MR) is 62.6 cm³/mol. The molecule has 0 amide bonds. The second kappa shape index (κ2) is 4.67. The molecule has 2 nitrogen and oxygen atoms in total. The molecule has 0 aliphatic heterocycles. The van der Waals surface area contributed by atoms with Crippen molar-refractivity contribution in [1.29, 1.82) is 0 Å². The minimum absolute atomic E-state index is 0.442. The highest BCUT2D eigenvalue weighted by atomic mass is 17.1. The van der Waals surface area contributed by atoms with Crippen LogP contribution in [0.2, 0.25) is 0 Å². The van der Waals surface area contributed by atoms with Gasteiger partial charge in [0.2, 0.25) is 0 Å². The van der Waals surface area contributed by atoms with E-state index in [1.807, 2.05) is 12.1 Å². The van der Waals surface area contributed by atoms with Crippen molar-refractivity contribution in [3.8, 4) is 5.75 Å². The first-order valence-corrected chi connectivity index (χ1v) is 5.43. The molecule has 0 heterocycles. The van der Waals surface area contributed by atoms with Crippen molar-refractivity contribution in [1.82, 2.24) is 0 Å². The third kappa shape index (κ3) is 2.51. The van der Waals surface area contributed by atoms with Gasteiger partial charge in [-0.2, -0.15) is 0 Å². The summed E-state index contributed by atoms with van der Waals surface area (Å²) in [6, 6.07) is 3.82. The van der Waals surface area contributed by atoms with Gasteiger partial charge in [0.15, 0.2) is 5.75 Å². The van der Waals surface area contributed by atoms with E-state index in [1.165, 1.54) is 16.7 Å². The maximum Gasteiger partial charge on any atom is 0.165 e. The molecule has 15 heavy (non-hydrogen) atoms. The van der Waals surface area contributed by atoms with E-state index in [2.05, 4.69) is 39.5 Å². The molecule has 1 aromatic carbocycles. The van der Waals surface area contributed by atoms with E-state index in [9.17, 15) is 0 Å². The molecule has 1 rings (SSSR count). The Bertz CT molecular complexity index is 311. The minimum atomic E-state index is 0.442. The molecular formula is C13H20O2. The second-order valence-corrected chi connectivity index (χ2v) is 4.63. The number of hydrogen-bond acceptors (Lipinski definition) is 2. The van der Waals surface area contributed by atoms with Gasteiger partial charge in [0.1, 0.15) is 0 Å². The van der Waals surface area contributed by atoms with Gasteiger partial charge >= 0.3 is 0 Å². The smallest absolute Gasteiger partial charge is 0.165 e. The Morgan fingerprint density at radius 3 is 1.67 bits per heavy atom. The van der Waals surface area contributed by atoms with E-state index < -0.39 is 0 Å². The lowest BCUT2D eigenvalue weighted by molar-refractivity contribution is -0.137. The molecule has 0 aliphatic carbocycles. The molecule has 0 radical (unpaired) electrons. The Labute approximate surface area is 91.8 Å². The van der Waals surface area contributed by atoms with Crippen molar-refractivity contribution in [3.05, 3.63) is 28.8 Å². The molecule has 1 N–H and O–H groups in total. The molecule has 84 valence electrons. The van der Waals surface area contributed by atoms with Crippen LogP contribution in [-0.2, 0) is 0 Å². The largest absolute Gasteiger partial charge is 0.340 e. The average Bonchev–Trinajstić information content (AvgIpc) is 2.17. The maximum absolute atomic E-state index is 8.74. The zero-order valence-corrected chi connectivity index (χ0v) is 10.2. The molecule has 0 saturated carbocycles. The quantitative estimate of drug-likeness (QED) is 0.598.